The molecule has 0 aliphatic carbocycles. The van der Waals surface area contributed by atoms with Gasteiger partial charge in [0.25, 0.3) is 0 Å². The largest absolute Gasteiger partial charge is 0.495 e. The van der Waals surface area contributed by atoms with Crippen LogP contribution in [0.4, 0.5) is 5.69 Å². The molecule has 1 N–H and O–H groups in total. The van der Waals surface area contributed by atoms with Crippen molar-refractivity contribution in [1.82, 2.24) is 9.80 Å². The zero-order valence-electron chi connectivity index (χ0n) is 13.6. The highest BCUT2D eigenvalue weighted by atomic mass is 35.5. The third-order valence-corrected chi connectivity index (χ3v) is 4.40. The van der Waals surface area contributed by atoms with Crippen LogP contribution in [0.2, 0.25) is 5.02 Å². The first-order chi connectivity index (χ1) is 10.9. The lowest BCUT2D eigenvalue weighted by atomic mass is 10.2. The van der Waals surface area contributed by atoms with Gasteiger partial charge < -0.3 is 15.0 Å². The van der Waals surface area contributed by atoms with Crippen molar-refractivity contribution in [1.29, 1.82) is 0 Å². The van der Waals surface area contributed by atoms with Crippen molar-refractivity contribution in [3.8, 4) is 5.75 Å². The van der Waals surface area contributed by atoms with Gasteiger partial charge in [0.2, 0.25) is 11.8 Å². The molecule has 7 heteroatoms. The number of hydrogen-bond acceptors (Lipinski definition) is 4. The fourth-order valence-electron chi connectivity index (χ4n) is 2.58. The van der Waals surface area contributed by atoms with E-state index in [1.54, 1.807) is 37.1 Å². The minimum atomic E-state index is -0.273. The van der Waals surface area contributed by atoms with E-state index in [0.29, 0.717) is 42.6 Å². The third-order valence-electron chi connectivity index (χ3n) is 4.11. The second-order valence-corrected chi connectivity index (χ2v) is 5.96. The Labute approximate surface area is 141 Å². The van der Waals surface area contributed by atoms with Gasteiger partial charge in [0.05, 0.1) is 18.2 Å². The monoisotopic (exact) mass is 339 g/mol. The molecule has 0 spiro atoms. The number of ether oxygens (including phenoxy) is 1. The Morgan fingerprint density at radius 3 is 2.43 bits per heavy atom. The fourth-order valence-corrected chi connectivity index (χ4v) is 2.84. The van der Waals surface area contributed by atoms with Gasteiger partial charge in [0.1, 0.15) is 5.75 Å². The number of nitrogens with zero attached hydrogens (tertiary/aromatic N) is 2. The van der Waals surface area contributed by atoms with Gasteiger partial charge in [0, 0.05) is 38.8 Å². The van der Waals surface area contributed by atoms with Crippen molar-refractivity contribution in [2.24, 2.45) is 0 Å². The highest BCUT2D eigenvalue weighted by molar-refractivity contribution is 6.32. The standard InChI is InChI=1S/C16H22ClN3O3/c1-11(19-6-8-20(9-7-19)12(2)21)16(22)18-13-4-5-15(23-3)14(17)10-13/h4-5,10-11H,6-9H2,1-3H3,(H,18,22)/t11-/m1/s1. The number of hydrogen-bond donors (Lipinski definition) is 1. The molecule has 6 nitrogen and oxygen atoms in total. The summed E-state index contributed by atoms with van der Waals surface area (Å²) in [6, 6.07) is 4.86. The molecule has 2 rings (SSSR count). The summed E-state index contributed by atoms with van der Waals surface area (Å²) >= 11 is 6.06. The van der Waals surface area contributed by atoms with E-state index in [4.69, 9.17) is 16.3 Å². The first-order valence-electron chi connectivity index (χ1n) is 7.56. The Morgan fingerprint density at radius 2 is 1.91 bits per heavy atom. The summed E-state index contributed by atoms with van der Waals surface area (Å²) in [6.45, 7) is 6.13. The number of anilines is 1. The molecule has 1 aliphatic rings. The molecular weight excluding hydrogens is 318 g/mol. The van der Waals surface area contributed by atoms with Gasteiger partial charge in [-0.15, -0.1) is 0 Å². The van der Waals surface area contributed by atoms with E-state index in [2.05, 4.69) is 10.2 Å². The van der Waals surface area contributed by atoms with Crippen molar-refractivity contribution in [3.63, 3.8) is 0 Å². The van der Waals surface area contributed by atoms with Crippen LogP contribution in [0.15, 0.2) is 18.2 Å². The lowest BCUT2D eigenvalue weighted by molar-refractivity contribution is -0.131. The average molecular weight is 340 g/mol. The number of methoxy groups -OCH3 is 1. The van der Waals surface area contributed by atoms with E-state index in [1.165, 1.54) is 0 Å². The average Bonchev–Trinajstić information content (AvgIpc) is 2.54. The molecule has 1 saturated heterocycles. The molecule has 0 aromatic heterocycles. The number of piperazine rings is 1. The highest BCUT2D eigenvalue weighted by Crippen LogP contribution is 2.27. The highest BCUT2D eigenvalue weighted by Gasteiger charge is 2.26. The topological polar surface area (TPSA) is 61.9 Å². The summed E-state index contributed by atoms with van der Waals surface area (Å²) in [4.78, 5) is 27.6. The van der Waals surface area contributed by atoms with Crippen LogP contribution in [0.1, 0.15) is 13.8 Å². The maximum absolute atomic E-state index is 12.4. The molecule has 1 fully saturated rings. The molecule has 0 unspecified atom stereocenters. The van der Waals surface area contributed by atoms with E-state index >= 15 is 0 Å². The van der Waals surface area contributed by atoms with Gasteiger partial charge in [-0.3, -0.25) is 14.5 Å². The van der Waals surface area contributed by atoms with Crippen molar-refractivity contribution >= 4 is 29.1 Å². The van der Waals surface area contributed by atoms with Crippen LogP contribution >= 0.6 is 11.6 Å². The smallest absolute Gasteiger partial charge is 0.241 e. The van der Waals surface area contributed by atoms with Gasteiger partial charge in [-0.25, -0.2) is 0 Å². The number of benzene rings is 1. The molecule has 0 radical (unpaired) electrons. The molecule has 1 aromatic rings. The molecule has 0 saturated carbocycles. The van der Waals surface area contributed by atoms with E-state index in [0.717, 1.165) is 0 Å². The molecule has 0 bridgehead atoms. The minimum absolute atomic E-state index is 0.0784. The van der Waals surface area contributed by atoms with Crippen LogP contribution < -0.4 is 10.1 Å². The van der Waals surface area contributed by atoms with Crippen LogP contribution in [-0.2, 0) is 9.59 Å². The van der Waals surface area contributed by atoms with Crippen LogP contribution in [0.3, 0.4) is 0 Å². The van der Waals surface area contributed by atoms with Crippen LogP contribution in [0.25, 0.3) is 0 Å². The number of halogens is 1. The molecule has 1 heterocycles. The van der Waals surface area contributed by atoms with Gasteiger partial charge >= 0.3 is 0 Å². The first kappa shape index (κ1) is 17.6. The quantitative estimate of drug-likeness (QED) is 0.909. The number of carbonyl (C=O) groups excluding carboxylic acids is 2. The van der Waals surface area contributed by atoms with Crippen molar-refractivity contribution in [2.75, 3.05) is 38.6 Å². The summed E-state index contributed by atoms with van der Waals surface area (Å²) in [5, 5.41) is 3.32. The Morgan fingerprint density at radius 1 is 1.26 bits per heavy atom. The molecular formula is C16H22ClN3O3. The zero-order valence-corrected chi connectivity index (χ0v) is 14.4. The Bertz CT molecular complexity index is 586. The Kier molecular flexibility index (Phi) is 5.85. The first-order valence-corrected chi connectivity index (χ1v) is 7.94. The second-order valence-electron chi connectivity index (χ2n) is 5.56. The summed E-state index contributed by atoms with van der Waals surface area (Å²) in [6.07, 6.45) is 0. The third kappa shape index (κ3) is 4.36. The molecule has 126 valence electrons. The molecule has 1 aromatic carbocycles. The Hall–Kier alpha value is -1.79. The summed E-state index contributed by atoms with van der Waals surface area (Å²) in [7, 11) is 1.54. The number of amides is 2. The molecule has 1 aliphatic heterocycles. The fraction of sp³-hybridized carbons (Fsp3) is 0.500. The maximum Gasteiger partial charge on any atom is 0.241 e. The van der Waals surface area contributed by atoms with Gasteiger partial charge in [-0.1, -0.05) is 11.6 Å². The normalized spacial score (nSPS) is 16.8. The minimum Gasteiger partial charge on any atom is -0.495 e. The molecule has 1 atom stereocenters. The van der Waals surface area contributed by atoms with Gasteiger partial charge in [0.15, 0.2) is 0 Å². The number of nitrogens with one attached hydrogen (secondary N) is 1. The summed E-state index contributed by atoms with van der Waals surface area (Å²) in [5.74, 6) is 0.551. The summed E-state index contributed by atoms with van der Waals surface area (Å²) in [5.41, 5.74) is 0.634. The lowest BCUT2D eigenvalue weighted by Gasteiger charge is -2.37. The van der Waals surface area contributed by atoms with E-state index in [1.807, 2.05) is 6.92 Å². The second kappa shape index (κ2) is 7.66. The van der Waals surface area contributed by atoms with E-state index < -0.39 is 0 Å². The van der Waals surface area contributed by atoms with Crippen LogP contribution in [0, 0.1) is 0 Å². The van der Waals surface area contributed by atoms with Crippen LogP contribution in [0.5, 0.6) is 5.75 Å². The number of rotatable bonds is 4. The maximum atomic E-state index is 12.4. The van der Waals surface area contributed by atoms with Gasteiger partial charge in [-0.2, -0.15) is 0 Å². The molecule has 2 amide bonds. The van der Waals surface area contributed by atoms with Crippen molar-refractivity contribution in [3.05, 3.63) is 23.2 Å². The Balaban J connectivity index is 1.93. The van der Waals surface area contributed by atoms with Crippen LogP contribution in [-0.4, -0.2) is 60.9 Å². The summed E-state index contributed by atoms with van der Waals surface area (Å²) < 4.78 is 5.09. The predicted octanol–water partition coefficient (Wildman–Crippen LogP) is 1.84. The van der Waals surface area contributed by atoms with Gasteiger partial charge in [-0.05, 0) is 25.1 Å². The predicted molar refractivity (Wildman–Crippen MR) is 89.9 cm³/mol. The lowest BCUT2D eigenvalue weighted by Crippen LogP contribution is -2.53. The SMILES string of the molecule is COc1ccc(NC(=O)[C@@H](C)N2CCN(C(C)=O)CC2)cc1Cl. The van der Waals surface area contributed by atoms with E-state index in [9.17, 15) is 9.59 Å². The van der Waals surface area contributed by atoms with Crippen molar-refractivity contribution in [2.45, 2.75) is 19.9 Å². The number of carbonyl (C=O) groups is 2. The zero-order chi connectivity index (χ0) is 17.0. The van der Waals surface area contributed by atoms with Crippen molar-refractivity contribution < 1.29 is 14.3 Å². The molecule has 23 heavy (non-hydrogen) atoms. The van der Waals surface area contributed by atoms with E-state index in [-0.39, 0.29) is 17.9 Å².